The Kier molecular flexibility index (Phi) is 12.4. The van der Waals surface area contributed by atoms with E-state index in [1.165, 1.54) is 27.7 Å². The molecule has 0 bridgehead atoms. The molecule has 0 aromatic heterocycles. The fraction of sp³-hybridized carbons (Fsp3) is 0.424. The fourth-order valence-electron chi connectivity index (χ4n) is 3.44. The largest absolute Gasteiger partial charge is 0.514 e. The molecule has 0 atom stereocenters. The standard InChI is InChI=1S/C33H42O11/c1-23(21-37-43-30(3,4)25-17-13-11-14-18-25)27(34)39-32(7,8)41-29(36)42-33(9,10)40-28(35)24(2)22-38-44-31(5,6)26-19-15-12-16-20-26/h11-20H,1-2,21-22H2,3-10H3. The Morgan fingerprint density at radius 3 is 1.18 bits per heavy atom. The summed E-state index contributed by atoms with van der Waals surface area (Å²) in [6.07, 6.45) is -1.27. The first-order valence-electron chi connectivity index (χ1n) is 13.8. The van der Waals surface area contributed by atoms with Gasteiger partial charge in [0.2, 0.25) is 0 Å². The van der Waals surface area contributed by atoms with E-state index in [9.17, 15) is 14.4 Å². The zero-order chi connectivity index (χ0) is 33.2. The first-order chi connectivity index (χ1) is 20.3. The van der Waals surface area contributed by atoms with E-state index in [4.69, 9.17) is 38.5 Å². The SMILES string of the molecule is C=C(COOC(C)(C)c1ccccc1)C(=O)OC(C)(C)OC(=O)OC(C)(C)OC(=O)C(=C)COOC(C)(C)c1ccccc1. The van der Waals surface area contributed by atoms with E-state index < -0.39 is 40.9 Å². The molecule has 0 unspecified atom stereocenters. The molecule has 0 aliphatic heterocycles. The van der Waals surface area contributed by atoms with Gasteiger partial charge in [-0.15, -0.1) is 0 Å². The summed E-state index contributed by atoms with van der Waals surface area (Å²) >= 11 is 0. The van der Waals surface area contributed by atoms with E-state index in [-0.39, 0.29) is 24.4 Å². The highest BCUT2D eigenvalue weighted by Crippen LogP contribution is 2.26. The summed E-state index contributed by atoms with van der Waals surface area (Å²) in [7, 11) is 0. The number of carbonyl (C=O) groups is 3. The number of carbonyl (C=O) groups excluding carboxylic acids is 3. The molecule has 0 N–H and O–H groups in total. The lowest BCUT2D eigenvalue weighted by Gasteiger charge is -2.29. The van der Waals surface area contributed by atoms with Gasteiger partial charge in [0.25, 0.3) is 11.6 Å². The van der Waals surface area contributed by atoms with E-state index in [0.29, 0.717) is 0 Å². The number of esters is 2. The molecule has 0 heterocycles. The summed E-state index contributed by atoms with van der Waals surface area (Å²) in [4.78, 5) is 58.8. The van der Waals surface area contributed by atoms with E-state index >= 15 is 0 Å². The average molecular weight is 615 g/mol. The summed E-state index contributed by atoms with van der Waals surface area (Å²) in [6, 6.07) is 18.7. The van der Waals surface area contributed by atoms with Crippen molar-refractivity contribution in [3.63, 3.8) is 0 Å². The van der Waals surface area contributed by atoms with Crippen LogP contribution in [0, 0.1) is 0 Å². The number of rotatable bonds is 16. The third-order valence-corrected chi connectivity index (χ3v) is 5.85. The van der Waals surface area contributed by atoms with Crippen molar-refractivity contribution in [2.75, 3.05) is 13.2 Å². The van der Waals surface area contributed by atoms with Crippen molar-refractivity contribution < 1.29 is 52.9 Å². The lowest BCUT2D eigenvalue weighted by molar-refractivity contribution is -0.353. The zero-order valence-corrected chi connectivity index (χ0v) is 26.6. The van der Waals surface area contributed by atoms with Gasteiger partial charge in [-0.25, -0.2) is 33.9 Å². The van der Waals surface area contributed by atoms with Crippen LogP contribution >= 0.6 is 0 Å². The molecule has 0 radical (unpaired) electrons. The van der Waals surface area contributed by atoms with Crippen LogP contribution in [-0.4, -0.2) is 42.9 Å². The monoisotopic (exact) mass is 614 g/mol. The second-order valence-electron chi connectivity index (χ2n) is 11.7. The minimum Gasteiger partial charge on any atom is -0.420 e. The van der Waals surface area contributed by atoms with Gasteiger partial charge in [-0.2, -0.15) is 0 Å². The Hall–Kier alpha value is -4.03. The Morgan fingerprint density at radius 1 is 0.545 bits per heavy atom. The van der Waals surface area contributed by atoms with Crippen LogP contribution < -0.4 is 0 Å². The molecular formula is C33H42O11. The fourth-order valence-corrected chi connectivity index (χ4v) is 3.44. The van der Waals surface area contributed by atoms with Crippen molar-refractivity contribution in [2.24, 2.45) is 0 Å². The quantitative estimate of drug-likeness (QED) is 0.0669. The van der Waals surface area contributed by atoms with Crippen molar-refractivity contribution in [1.82, 2.24) is 0 Å². The summed E-state index contributed by atoms with van der Waals surface area (Å²) in [5.41, 5.74) is -0.0376. The van der Waals surface area contributed by atoms with Crippen molar-refractivity contribution in [3.8, 4) is 0 Å². The van der Waals surface area contributed by atoms with Gasteiger partial charge in [0.1, 0.15) is 24.4 Å². The maximum absolute atomic E-state index is 12.5. The smallest absolute Gasteiger partial charge is 0.420 e. The Bertz CT molecular complexity index is 1200. The van der Waals surface area contributed by atoms with Crippen LogP contribution in [0.2, 0.25) is 0 Å². The van der Waals surface area contributed by atoms with Crippen molar-refractivity contribution in [3.05, 3.63) is 96.1 Å². The summed E-state index contributed by atoms with van der Waals surface area (Å²) < 4.78 is 20.7. The predicted molar refractivity (Wildman–Crippen MR) is 159 cm³/mol. The highest BCUT2D eigenvalue weighted by Gasteiger charge is 2.35. The lowest BCUT2D eigenvalue weighted by atomic mass is 9.99. The molecule has 0 aliphatic carbocycles. The molecule has 0 saturated heterocycles. The minimum atomic E-state index is -1.78. The number of hydrogen-bond donors (Lipinski definition) is 0. The van der Waals surface area contributed by atoms with Crippen LogP contribution in [0.15, 0.2) is 85.0 Å². The number of hydrogen-bond acceptors (Lipinski definition) is 11. The van der Waals surface area contributed by atoms with Gasteiger partial charge in [-0.3, -0.25) is 0 Å². The second kappa shape index (κ2) is 15.1. The molecule has 0 saturated carbocycles. The van der Waals surface area contributed by atoms with Crippen LogP contribution in [0.4, 0.5) is 4.79 Å². The predicted octanol–water partition coefficient (Wildman–Crippen LogP) is 6.58. The van der Waals surface area contributed by atoms with Crippen LogP contribution in [0.5, 0.6) is 0 Å². The highest BCUT2D eigenvalue weighted by atomic mass is 17.2. The van der Waals surface area contributed by atoms with Crippen LogP contribution in [0.1, 0.15) is 66.5 Å². The normalized spacial score (nSPS) is 12.2. The third kappa shape index (κ3) is 11.9. The topological polar surface area (TPSA) is 125 Å². The van der Waals surface area contributed by atoms with E-state index in [2.05, 4.69) is 13.2 Å². The molecule has 2 aromatic carbocycles. The summed E-state index contributed by atoms with van der Waals surface area (Å²) in [5, 5.41) is 0. The first kappa shape index (κ1) is 36.2. The Morgan fingerprint density at radius 2 is 0.864 bits per heavy atom. The zero-order valence-electron chi connectivity index (χ0n) is 26.6. The van der Waals surface area contributed by atoms with E-state index in [1.54, 1.807) is 27.7 Å². The molecule has 0 spiro atoms. The van der Waals surface area contributed by atoms with Crippen LogP contribution in [0.25, 0.3) is 0 Å². The molecule has 0 aliphatic rings. The number of ether oxygens (including phenoxy) is 4. The van der Waals surface area contributed by atoms with Gasteiger partial charge in [0.15, 0.2) is 0 Å². The molecule has 11 heteroatoms. The average Bonchev–Trinajstić information content (AvgIpc) is 2.92. The van der Waals surface area contributed by atoms with Crippen LogP contribution in [-0.2, 0) is 59.3 Å². The van der Waals surface area contributed by atoms with Gasteiger partial charge < -0.3 is 18.9 Å². The first-order valence-corrected chi connectivity index (χ1v) is 13.8. The maximum atomic E-state index is 12.5. The van der Waals surface area contributed by atoms with Gasteiger partial charge in [0.05, 0.1) is 11.1 Å². The van der Waals surface area contributed by atoms with Gasteiger partial charge >= 0.3 is 18.1 Å². The maximum Gasteiger partial charge on any atom is 0.514 e. The Balaban J connectivity index is 1.77. The molecule has 2 rings (SSSR count). The molecule has 240 valence electrons. The van der Waals surface area contributed by atoms with Gasteiger partial charge in [-0.05, 0) is 38.8 Å². The van der Waals surface area contributed by atoms with Gasteiger partial charge in [0, 0.05) is 27.7 Å². The molecule has 0 fully saturated rings. The second-order valence-corrected chi connectivity index (χ2v) is 11.7. The molecule has 2 aromatic rings. The Labute approximate surface area is 258 Å². The molecule has 0 amide bonds. The van der Waals surface area contributed by atoms with E-state index in [0.717, 1.165) is 11.1 Å². The van der Waals surface area contributed by atoms with Crippen molar-refractivity contribution in [2.45, 2.75) is 78.2 Å². The van der Waals surface area contributed by atoms with E-state index in [1.807, 2.05) is 60.7 Å². The van der Waals surface area contributed by atoms with Crippen molar-refractivity contribution >= 4 is 18.1 Å². The summed E-state index contributed by atoms with van der Waals surface area (Å²) in [5.74, 6) is -5.35. The molecule has 11 nitrogen and oxygen atoms in total. The third-order valence-electron chi connectivity index (χ3n) is 5.85. The van der Waals surface area contributed by atoms with Crippen molar-refractivity contribution in [1.29, 1.82) is 0 Å². The van der Waals surface area contributed by atoms with Crippen LogP contribution in [0.3, 0.4) is 0 Å². The highest BCUT2D eigenvalue weighted by molar-refractivity contribution is 5.88. The number of benzene rings is 2. The molecule has 44 heavy (non-hydrogen) atoms. The lowest BCUT2D eigenvalue weighted by Crippen LogP contribution is -2.40. The molecular weight excluding hydrogens is 572 g/mol. The van der Waals surface area contributed by atoms with Gasteiger partial charge in [-0.1, -0.05) is 73.8 Å². The summed E-state index contributed by atoms with van der Waals surface area (Å²) in [6.45, 7) is 19.1. The minimum absolute atomic E-state index is 0.0926.